The number of likely N-dealkylation sites (N-methyl/N-ethyl adjacent to an activating group) is 1. The maximum Gasteiger partial charge on any atom is 0.0589 e. The highest BCUT2D eigenvalue weighted by Gasteiger charge is 2.13. The molecular formula is C10H24N2O. The molecule has 0 rings (SSSR count). The predicted octanol–water partition coefficient (Wildman–Crippen LogP) is 0.796. The van der Waals surface area contributed by atoms with E-state index in [1.807, 2.05) is 0 Å². The van der Waals surface area contributed by atoms with Crippen molar-refractivity contribution in [1.29, 1.82) is 0 Å². The fourth-order valence-corrected chi connectivity index (χ4v) is 1.30. The lowest BCUT2D eigenvalue weighted by Crippen LogP contribution is -2.34. The molecule has 0 saturated carbocycles. The molecule has 0 bridgehead atoms. The second kappa shape index (κ2) is 7.30. The Morgan fingerprint density at radius 1 is 1.38 bits per heavy atom. The van der Waals surface area contributed by atoms with Crippen LogP contribution in [0.1, 0.15) is 13.8 Å². The number of methoxy groups -OCH3 is 1. The first-order valence-corrected chi connectivity index (χ1v) is 4.99. The predicted molar refractivity (Wildman–Crippen MR) is 56.8 cm³/mol. The van der Waals surface area contributed by atoms with Gasteiger partial charge < -0.3 is 15.4 Å². The van der Waals surface area contributed by atoms with Crippen LogP contribution in [0.4, 0.5) is 0 Å². The molecule has 13 heavy (non-hydrogen) atoms. The van der Waals surface area contributed by atoms with E-state index in [-0.39, 0.29) is 0 Å². The highest BCUT2D eigenvalue weighted by molar-refractivity contribution is 4.67. The van der Waals surface area contributed by atoms with E-state index in [0.29, 0.717) is 11.8 Å². The summed E-state index contributed by atoms with van der Waals surface area (Å²) in [7, 11) is 3.85. The molecular weight excluding hydrogens is 164 g/mol. The monoisotopic (exact) mass is 188 g/mol. The van der Waals surface area contributed by atoms with Crippen molar-refractivity contribution in [3.05, 3.63) is 0 Å². The minimum Gasteiger partial charge on any atom is -0.383 e. The summed E-state index contributed by atoms with van der Waals surface area (Å²) in [5.41, 5.74) is 5.69. The van der Waals surface area contributed by atoms with Crippen LogP contribution in [-0.2, 0) is 4.74 Å². The van der Waals surface area contributed by atoms with Gasteiger partial charge in [-0.1, -0.05) is 13.8 Å². The van der Waals surface area contributed by atoms with Gasteiger partial charge in [0, 0.05) is 20.2 Å². The third-order valence-electron chi connectivity index (χ3n) is 2.47. The Bertz CT molecular complexity index is 117. The molecule has 0 amide bonds. The van der Waals surface area contributed by atoms with Gasteiger partial charge in [-0.3, -0.25) is 0 Å². The normalized spacial score (nSPS) is 14.1. The van der Waals surface area contributed by atoms with Gasteiger partial charge in [0.15, 0.2) is 0 Å². The maximum absolute atomic E-state index is 5.69. The summed E-state index contributed by atoms with van der Waals surface area (Å²) >= 11 is 0. The van der Waals surface area contributed by atoms with Crippen molar-refractivity contribution < 1.29 is 4.74 Å². The smallest absolute Gasteiger partial charge is 0.0589 e. The molecule has 0 aliphatic rings. The molecule has 0 radical (unpaired) electrons. The molecule has 0 aliphatic heterocycles. The van der Waals surface area contributed by atoms with E-state index in [9.17, 15) is 0 Å². The second-order valence-electron chi connectivity index (χ2n) is 3.99. The molecule has 0 heterocycles. The Hall–Kier alpha value is -0.120. The third-order valence-corrected chi connectivity index (χ3v) is 2.47. The van der Waals surface area contributed by atoms with E-state index in [0.717, 1.165) is 26.2 Å². The molecule has 0 aliphatic carbocycles. The zero-order valence-corrected chi connectivity index (χ0v) is 9.42. The van der Waals surface area contributed by atoms with Crippen molar-refractivity contribution in [2.24, 2.45) is 17.6 Å². The van der Waals surface area contributed by atoms with E-state index in [1.54, 1.807) is 7.11 Å². The van der Waals surface area contributed by atoms with E-state index >= 15 is 0 Å². The third kappa shape index (κ3) is 6.02. The lowest BCUT2D eigenvalue weighted by molar-refractivity contribution is 0.146. The number of rotatable bonds is 7. The fraction of sp³-hybridized carbons (Fsp3) is 1.00. The van der Waals surface area contributed by atoms with Crippen molar-refractivity contribution >= 4 is 0 Å². The number of ether oxygens (including phenoxy) is 1. The van der Waals surface area contributed by atoms with Crippen LogP contribution in [0.25, 0.3) is 0 Å². The molecule has 1 unspecified atom stereocenters. The maximum atomic E-state index is 5.69. The van der Waals surface area contributed by atoms with Gasteiger partial charge in [-0.05, 0) is 25.4 Å². The molecule has 3 heteroatoms. The minimum atomic E-state index is 0.599. The number of hydrogen-bond acceptors (Lipinski definition) is 3. The summed E-state index contributed by atoms with van der Waals surface area (Å²) in [5, 5.41) is 0. The van der Waals surface area contributed by atoms with Crippen molar-refractivity contribution in [2.45, 2.75) is 13.8 Å². The SMILES string of the molecule is COCCN(C)CC(CN)C(C)C. The molecule has 80 valence electrons. The highest BCUT2D eigenvalue weighted by atomic mass is 16.5. The summed E-state index contributed by atoms with van der Waals surface area (Å²) in [6.07, 6.45) is 0. The van der Waals surface area contributed by atoms with E-state index in [4.69, 9.17) is 10.5 Å². The Balaban J connectivity index is 3.66. The van der Waals surface area contributed by atoms with Crippen LogP contribution in [0.15, 0.2) is 0 Å². The Morgan fingerprint density at radius 2 is 2.00 bits per heavy atom. The summed E-state index contributed by atoms with van der Waals surface area (Å²) in [5.74, 6) is 1.26. The average molecular weight is 188 g/mol. The van der Waals surface area contributed by atoms with Gasteiger partial charge in [-0.15, -0.1) is 0 Å². The zero-order valence-electron chi connectivity index (χ0n) is 9.42. The molecule has 0 aromatic carbocycles. The minimum absolute atomic E-state index is 0.599. The van der Waals surface area contributed by atoms with Gasteiger partial charge in [0.1, 0.15) is 0 Å². The molecule has 0 aromatic rings. The standard InChI is InChI=1S/C10H24N2O/c1-9(2)10(7-11)8-12(3)5-6-13-4/h9-10H,5-8,11H2,1-4H3. The lowest BCUT2D eigenvalue weighted by Gasteiger charge is -2.25. The summed E-state index contributed by atoms with van der Waals surface area (Å²) in [6, 6.07) is 0. The van der Waals surface area contributed by atoms with Crippen LogP contribution in [0.3, 0.4) is 0 Å². The molecule has 0 fully saturated rings. The average Bonchev–Trinajstić information content (AvgIpc) is 2.10. The van der Waals surface area contributed by atoms with Gasteiger partial charge in [-0.2, -0.15) is 0 Å². The van der Waals surface area contributed by atoms with Crippen LogP contribution >= 0.6 is 0 Å². The molecule has 0 saturated heterocycles. The van der Waals surface area contributed by atoms with Crippen LogP contribution in [0.5, 0.6) is 0 Å². The number of hydrogen-bond donors (Lipinski definition) is 1. The van der Waals surface area contributed by atoms with Crippen molar-refractivity contribution in [2.75, 3.05) is 40.4 Å². The van der Waals surface area contributed by atoms with Gasteiger partial charge in [0.2, 0.25) is 0 Å². The first-order chi connectivity index (χ1) is 6.11. The Labute approximate surface area is 82.2 Å². The summed E-state index contributed by atoms with van der Waals surface area (Å²) < 4.78 is 5.02. The van der Waals surface area contributed by atoms with Crippen LogP contribution < -0.4 is 5.73 Å². The van der Waals surface area contributed by atoms with Gasteiger partial charge in [0.25, 0.3) is 0 Å². The molecule has 1 atom stereocenters. The largest absolute Gasteiger partial charge is 0.383 e. The first kappa shape index (κ1) is 12.9. The molecule has 0 aromatic heterocycles. The van der Waals surface area contributed by atoms with Crippen LogP contribution in [0, 0.1) is 11.8 Å². The Morgan fingerprint density at radius 3 is 2.38 bits per heavy atom. The van der Waals surface area contributed by atoms with Crippen molar-refractivity contribution in [1.82, 2.24) is 4.90 Å². The number of nitrogens with zero attached hydrogens (tertiary/aromatic N) is 1. The van der Waals surface area contributed by atoms with E-state index in [2.05, 4.69) is 25.8 Å². The highest BCUT2D eigenvalue weighted by Crippen LogP contribution is 2.09. The molecule has 3 nitrogen and oxygen atoms in total. The van der Waals surface area contributed by atoms with Gasteiger partial charge in [0.05, 0.1) is 6.61 Å². The van der Waals surface area contributed by atoms with Crippen molar-refractivity contribution in [3.8, 4) is 0 Å². The van der Waals surface area contributed by atoms with Gasteiger partial charge in [-0.25, -0.2) is 0 Å². The molecule has 0 spiro atoms. The van der Waals surface area contributed by atoms with Crippen LogP contribution in [0.2, 0.25) is 0 Å². The molecule has 2 N–H and O–H groups in total. The summed E-state index contributed by atoms with van der Waals surface area (Å²) in [4.78, 5) is 2.28. The Kier molecular flexibility index (Phi) is 7.23. The van der Waals surface area contributed by atoms with Crippen LogP contribution in [-0.4, -0.2) is 45.3 Å². The topological polar surface area (TPSA) is 38.5 Å². The first-order valence-electron chi connectivity index (χ1n) is 4.99. The zero-order chi connectivity index (χ0) is 10.3. The lowest BCUT2D eigenvalue weighted by atomic mass is 9.95. The second-order valence-corrected chi connectivity index (χ2v) is 3.99. The fourth-order valence-electron chi connectivity index (χ4n) is 1.30. The number of nitrogens with two attached hydrogens (primary N) is 1. The van der Waals surface area contributed by atoms with Crippen molar-refractivity contribution in [3.63, 3.8) is 0 Å². The quantitative estimate of drug-likeness (QED) is 0.642. The summed E-state index contributed by atoms with van der Waals surface area (Å²) in [6.45, 7) is 8.07. The van der Waals surface area contributed by atoms with E-state index < -0.39 is 0 Å². The van der Waals surface area contributed by atoms with Gasteiger partial charge >= 0.3 is 0 Å². The van der Waals surface area contributed by atoms with E-state index in [1.165, 1.54) is 0 Å².